The van der Waals surface area contributed by atoms with E-state index in [0.29, 0.717) is 5.92 Å². The van der Waals surface area contributed by atoms with E-state index < -0.39 is 0 Å². The molecule has 20 heavy (non-hydrogen) atoms. The molecule has 0 saturated heterocycles. The SMILES string of the molecule is COc1ccc2nccc(C(C)c3ccccc3)c2c1. The minimum absolute atomic E-state index is 0.328. The summed E-state index contributed by atoms with van der Waals surface area (Å²) in [7, 11) is 1.69. The van der Waals surface area contributed by atoms with Crippen LogP contribution in [0.3, 0.4) is 0 Å². The minimum Gasteiger partial charge on any atom is -0.497 e. The molecule has 2 nitrogen and oxygen atoms in total. The van der Waals surface area contributed by atoms with E-state index in [1.807, 2.05) is 24.4 Å². The summed E-state index contributed by atoms with van der Waals surface area (Å²) in [6.45, 7) is 2.23. The molecule has 100 valence electrons. The highest BCUT2D eigenvalue weighted by Crippen LogP contribution is 2.31. The van der Waals surface area contributed by atoms with Gasteiger partial charge in [-0.05, 0) is 35.4 Å². The van der Waals surface area contributed by atoms with Gasteiger partial charge in [0.15, 0.2) is 0 Å². The Bertz CT molecular complexity index is 722. The van der Waals surface area contributed by atoms with Crippen LogP contribution in [0.1, 0.15) is 24.0 Å². The summed E-state index contributed by atoms with van der Waals surface area (Å²) >= 11 is 0. The summed E-state index contributed by atoms with van der Waals surface area (Å²) in [6.07, 6.45) is 1.88. The fourth-order valence-electron chi connectivity index (χ4n) is 2.57. The van der Waals surface area contributed by atoms with E-state index in [1.165, 1.54) is 11.1 Å². The molecule has 0 aliphatic carbocycles. The number of fused-ring (bicyclic) bond motifs is 1. The average molecular weight is 263 g/mol. The second kappa shape index (κ2) is 5.33. The first-order chi connectivity index (χ1) is 9.79. The second-order valence-corrected chi connectivity index (χ2v) is 4.92. The van der Waals surface area contributed by atoms with Crippen molar-refractivity contribution in [2.45, 2.75) is 12.8 Å². The van der Waals surface area contributed by atoms with Crippen molar-refractivity contribution in [3.05, 3.63) is 71.9 Å². The fourth-order valence-corrected chi connectivity index (χ4v) is 2.57. The quantitative estimate of drug-likeness (QED) is 0.699. The summed E-state index contributed by atoms with van der Waals surface area (Å²) in [5.41, 5.74) is 3.59. The van der Waals surface area contributed by atoms with Crippen molar-refractivity contribution in [2.24, 2.45) is 0 Å². The van der Waals surface area contributed by atoms with Gasteiger partial charge in [-0.2, -0.15) is 0 Å². The van der Waals surface area contributed by atoms with Gasteiger partial charge in [0.05, 0.1) is 12.6 Å². The van der Waals surface area contributed by atoms with Gasteiger partial charge in [-0.25, -0.2) is 0 Å². The van der Waals surface area contributed by atoms with Crippen LogP contribution in [0.25, 0.3) is 10.9 Å². The number of hydrogen-bond acceptors (Lipinski definition) is 2. The number of nitrogens with zero attached hydrogens (tertiary/aromatic N) is 1. The van der Waals surface area contributed by atoms with Gasteiger partial charge in [0.2, 0.25) is 0 Å². The molecule has 2 aromatic carbocycles. The number of ether oxygens (including phenoxy) is 1. The van der Waals surface area contributed by atoms with E-state index in [9.17, 15) is 0 Å². The maximum absolute atomic E-state index is 5.33. The maximum atomic E-state index is 5.33. The van der Waals surface area contributed by atoms with Crippen LogP contribution in [0.5, 0.6) is 5.75 Å². The van der Waals surface area contributed by atoms with Crippen molar-refractivity contribution in [1.82, 2.24) is 4.98 Å². The number of aromatic nitrogens is 1. The van der Waals surface area contributed by atoms with E-state index >= 15 is 0 Å². The average Bonchev–Trinajstić information content (AvgIpc) is 2.54. The first-order valence-corrected chi connectivity index (χ1v) is 6.77. The fraction of sp³-hybridized carbons (Fsp3) is 0.167. The maximum Gasteiger partial charge on any atom is 0.119 e. The van der Waals surface area contributed by atoms with E-state index in [0.717, 1.165) is 16.7 Å². The molecule has 3 aromatic rings. The predicted molar refractivity (Wildman–Crippen MR) is 82.3 cm³/mol. The molecule has 0 amide bonds. The minimum atomic E-state index is 0.328. The van der Waals surface area contributed by atoms with Gasteiger partial charge in [0.1, 0.15) is 5.75 Å². The standard InChI is InChI=1S/C18H17NO/c1-13(14-6-4-3-5-7-14)16-10-11-19-18-9-8-15(20-2)12-17(16)18/h3-13H,1-2H3. The molecule has 0 radical (unpaired) electrons. The highest BCUT2D eigenvalue weighted by Gasteiger charge is 2.12. The van der Waals surface area contributed by atoms with Crippen LogP contribution < -0.4 is 4.74 Å². The zero-order valence-corrected chi connectivity index (χ0v) is 11.7. The summed E-state index contributed by atoms with van der Waals surface area (Å²) in [6, 6.07) is 18.7. The van der Waals surface area contributed by atoms with Crippen LogP contribution in [-0.4, -0.2) is 12.1 Å². The molecule has 0 N–H and O–H groups in total. The zero-order chi connectivity index (χ0) is 13.9. The lowest BCUT2D eigenvalue weighted by atomic mass is 9.91. The lowest BCUT2D eigenvalue weighted by Gasteiger charge is -2.15. The summed E-state index contributed by atoms with van der Waals surface area (Å²) in [5, 5.41) is 1.16. The molecular weight excluding hydrogens is 246 g/mol. The monoisotopic (exact) mass is 263 g/mol. The van der Waals surface area contributed by atoms with Crippen LogP contribution in [0.15, 0.2) is 60.8 Å². The molecule has 0 bridgehead atoms. The Balaban J connectivity index is 2.15. The van der Waals surface area contributed by atoms with Crippen molar-refractivity contribution in [3.63, 3.8) is 0 Å². The largest absolute Gasteiger partial charge is 0.497 e. The summed E-state index contributed by atoms with van der Waals surface area (Å²) in [4.78, 5) is 4.44. The Labute approximate surface area is 119 Å². The number of methoxy groups -OCH3 is 1. The van der Waals surface area contributed by atoms with Gasteiger partial charge >= 0.3 is 0 Å². The Kier molecular flexibility index (Phi) is 3.38. The smallest absolute Gasteiger partial charge is 0.119 e. The lowest BCUT2D eigenvalue weighted by Crippen LogP contribution is -1.98. The summed E-state index contributed by atoms with van der Waals surface area (Å²) in [5.74, 6) is 1.20. The Morgan fingerprint density at radius 2 is 1.80 bits per heavy atom. The zero-order valence-electron chi connectivity index (χ0n) is 11.7. The van der Waals surface area contributed by atoms with Crippen molar-refractivity contribution in [3.8, 4) is 5.75 Å². The number of pyridine rings is 1. The highest BCUT2D eigenvalue weighted by molar-refractivity contribution is 5.84. The topological polar surface area (TPSA) is 22.1 Å². The van der Waals surface area contributed by atoms with E-state index in [4.69, 9.17) is 4.74 Å². The third kappa shape index (κ3) is 2.25. The molecule has 0 fully saturated rings. The summed E-state index contributed by atoms with van der Waals surface area (Å²) < 4.78 is 5.33. The molecule has 1 unspecified atom stereocenters. The molecule has 1 atom stereocenters. The van der Waals surface area contributed by atoms with Crippen molar-refractivity contribution in [2.75, 3.05) is 7.11 Å². The second-order valence-electron chi connectivity index (χ2n) is 4.92. The molecule has 1 aromatic heterocycles. The van der Waals surface area contributed by atoms with Gasteiger partial charge in [-0.1, -0.05) is 37.3 Å². The molecule has 0 aliphatic heterocycles. The molecular formula is C18H17NO. The van der Waals surface area contributed by atoms with Crippen molar-refractivity contribution in [1.29, 1.82) is 0 Å². The van der Waals surface area contributed by atoms with Crippen LogP contribution in [0.2, 0.25) is 0 Å². The number of hydrogen-bond donors (Lipinski definition) is 0. The molecule has 0 aliphatic rings. The first-order valence-electron chi connectivity index (χ1n) is 6.77. The van der Waals surface area contributed by atoms with Crippen LogP contribution >= 0.6 is 0 Å². The number of benzene rings is 2. The van der Waals surface area contributed by atoms with Gasteiger partial charge in [0.25, 0.3) is 0 Å². The van der Waals surface area contributed by atoms with Crippen LogP contribution in [0.4, 0.5) is 0 Å². The normalized spacial score (nSPS) is 12.3. The Morgan fingerprint density at radius 1 is 1.00 bits per heavy atom. The molecule has 1 heterocycles. The Hall–Kier alpha value is -2.35. The van der Waals surface area contributed by atoms with E-state index in [-0.39, 0.29) is 0 Å². The van der Waals surface area contributed by atoms with Gasteiger partial charge in [-0.15, -0.1) is 0 Å². The van der Waals surface area contributed by atoms with Gasteiger partial charge < -0.3 is 4.74 Å². The van der Waals surface area contributed by atoms with Gasteiger partial charge in [-0.3, -0.25) is 4.98 Å². The Morgan fingerprint density at radius 3 is 2.55 bits per heavy atom. The first kappa shape index (κ1) is 12.7. The molecule has 0 spiro atoms. The van der Waals surface area contributed by atoms with Crippen molar-refractivity contribution >= 4 is 10.9 Å². The third-order valence-corrected chi connectivity index (χ3v) is 3.75. The van der Waals surface area contributed by atoms with Gasteiger partial charge in [0, 0.05) is 17.5 Å². The molecule has 2 heteroatoms. The number of rotatable bonds is 3. The highest BCUT2D eigenvalue weighted by atomic mass is 16.5. The third-order valence-electron chi connectivity index (χ3n) is 3.75. The van der Waals surface area contributed by atoms with Crippen LogP contribution in [0, 0.1) is 0 Å². The predicted octanol–water partition coefficient (Wildman–Crippen LogP) is 4.40. The van der Waals surface area contributed by atoms with E-state index in [2.05, 4.69) is 48.3 Å². The molecule has 0 saturated carbocycles. The molecule has 3 rings (SSSR count). The van der Waals surface area contributed by atoms with Crippen LogP contribution in [-0.2, 0) is 0 Å². The lowest BCUT2D eigenvalue weighted by molar-refractivity contribution is 0.415. The van der Waals surface area contributed by atoms with Crippen molar-refractivity contribution < 1.29 is 4.74 Å². The van der Waals surface area contributed by atoms with E-state index in [1.54, 1.807) is 7.11 Å².